The zero-order valence-corrected chi connectivity index (χ0v) is 11.0. The van der Waals surface area contributed by atoms with Crippen molar-refractivity contribution in [1.29, 1.82) is 0 Å². The van der Waals surface area contributed by atoms with Crippen molar-refractivity contribution in [3.05, 3.63) is 23.3 Å². The van der Waals surface area contributed by atoms with Gasteiger partial charge in [0.1, 0.15) is 0 Å². The van der Waals surface area contributed by atoms with E-state index in [4.69, 9.17) is 10.2 Å². The molecule has 0 spiro atoms. The SMILES string of the molecule is C=C(C(=O)O)C(C)(C)C(C)C(C)=C(C)C(=O)O. The van der Waals surface area contributed by atoms with Crippen molar-refractivity contribution in [3.8, 4) is 0 Å². The number of rotatable bonds is 5. The highest BCUT2D eigenvalue weighted by Gasteiger charge is 2.34. The van der Waals surface area contributed by atoms with E-state index in [1.165, 1.54) is 6.92 Å². The zero-order valence-electron chi connectivity index (χ0n) is 11.0. The van der Waals surface area contributed by atoms with Gasteiger partial charge in [-0.15, -0.1) is 0 Å². The molecule has 0 amide bonds. The molecular formula is C13H20O4. The van der Waals surface area contributed by atoms with Crippen LogP contribution in [0, 0.1) is 11.3 Å². The first-order valence-corrected chi connectivity index (χ1v) is 5.36. The van der Waals surface area contributed by atoms with Crippen molar-refractivity contribution >= 4 is 11.9 Å². The van der Waals surface area contributed by atoms with Gasteiger partial charge in [0.25, 0.3) is 0 Å². The van der Waals surface area contributed by atoms with Crippen molar-refractivity contribution in [2.45, 2.75) is 34.6 Å². The van der Waals surface area contributed by atoms with Crippen molar-refractivity contribution in [2.24, 2.45) is 11.3 Å². The molecule has 0 aliphatic heterocycles. The molecule has 0 fully saturated rings. The summed E-state index contributed by atoms with van der Waals surface area (Å²) >= 11 is 0. The van der Waals surface area contributed by atoms with E-state index in [2.05, 4.69) is 6.58 Å². The average molecular weight is 240 g/mol. The Balaban J connectivity index is 5.38. The monoisotopic (exact) mass is 240 g/mol. The minimum absolute atomic E-state index is 0.0857. The van der Waals surface area contributed by atoms with E-state index in [-0.39, 0.29) is 17.1 Å². The van der Waals surface area contributed by atoms with Gasteiger partial charge in [0.2, 0.25) is 0 Å². The van der Waals surface area contributed by atoms with Crippen LogP contribution in [0.25, 0.3) is 0 Å². The number of allylic oxidation sites excluding steroid dienone is 1. The maximum atomic E-state index is 10.9. The van der Waals surface area contributed by atoms with E-state index < -0.39 is 17.4 Å². The largest absolute Gasteiger partial charge is 0.478 e. The molecule has 0 heterocycles. The molecule has 0 aliphatic rings. The predicted molar refractivity (Wildman–Crippen MR) is 65.7 cm³/mol. The van der Waals surface area contributed by atoms with Gasteiger partial charge in [0, 0.05) is 16.6 Å². The third-order valence-corrected chi connectivity index (χ3v) is 3.68. The molecule has 0 saturated heterocycles. The van der Waals surface area contributed by atoms with E-state index in [0.717, 1.165) is 0 Å². The van der Waals surface area contributed by atoms with Gasteiger partial charge in [-0.25, -0.2) is 9.59 Å². The molecule has 0 bridgehead atoms. The lowest BCUT2D eigenvalue weighted by molar-refractivity contribution is -0.134. The van der Waals surface area contributed by atoms with Crippen molar-refractivity contribution in [1.82, 2.24) is 0 Å². The van der Waals surface area contributed by atoms with Crippen LogP contribution in [0.4, 0.5) is 0 Å². The highest BCUT2D eigenvalue weighted by molar-refractivity contribution is 5.88. The van der Waals surface area contributed by atoms with Gasteiger partial charge in [-0.2, -0.15) is 0 Å². The normalized spacial score (nSPS) is 14.9. The number of carbonyl (C=O) groups is 2. The quantitative estimate of drug-likeness (QED) is 0.724. The lowest BCUT2D eigenvalue weighted by Gasteiger charge is -2.33. The molecule has 1 unspecified atom stereocenters. The smallest absolute Gasteiger partial charge is 0.331 e. The second-order valence-corrected chi connectivity index (χ2v) is 4.84. The fourth-order valence-electron chi connectivity index (χ4n) is 1.57. The fourth-order valence-corrected chi connectivity index (χ4v) is 1.57. The van der Waals surface area contributed by atoms with Crippen LogP contribution in [0.3, 0.4) is 0 Å². The second kappa shape index (κ2) is 5.17. The van der Waals surface area contributed by atoms with Crippen LogP contribution >= 0.6 is 0 Å². The molecule has 4 nitrogen and oxygen atoms in total. The predicted octanol–water partition coefficient (Wildman–Crippen LogP) is 2.71. The molecule has 0 aliphatic carbocycles. The Bertz CT molecular complexity index is 388. The van der Waals surface area contributed by atoms with Gasteiger partial charge in [-0.1, -0.05) is 32.9 Å². The van der Waals surface area contributed by atoms with Gasteiger partial charge in [0.05, 0.1) is 0 Å². The third-order valence-electron chi connectivity index (χ3n) is 3.68. The van der Waals surface area contributed by atoms with Crippen LogP contribution in [0.15, 0.2) is 23.3 Å². The topological polar surface area (TPSA) is 74.6 Å². The minimum Gasteiger partial charge on any atom is -0.478 e. The van der Waals surface area contributed by atoms with Crippen molar-refractivity contribution in [3.63, 3.8) is 0 Å². The number of hydrogen-bond donors (Lipinski definition) is 2. The van der Waals surface area contributed by atoms with Crippen molar-refractivity contribution in [2.75, 3.05) is 0 Å². The zero-order chi connectivity index (χ0) is 14.0. The molecule has 17 heavy (non-hydrogen) atoms. The summed E-state index contributed by atoms with van der Waals surface area (Å²) in [5, 5.41) is 17.9. The summed E-state index contributed by atoms with van der Waals surface area (Å²) < 4.78 is 0. The molecule has 0 aromatic heterocycles. The van der Waals surface area contributed by atoms with Crippen LogP contribution in [0.5, 0.6) is 0 Å². The summed E-state index contributed by atoms with van der Waals surface area (Å²) in [6.45, 7) is 12.1. The maximum Gasteiger partial charge on any atom is 0.331 e. The first-order valence-electron chi connectivity index (χ1n) is 5.36. The Labute approximate surface area is 102 Å². The number of aliphatic carboxylic acids is 2. The summed E-state index contributed by atoms with van der Waals surface area (Å²) in [6.07, 6.45) is 0. The Morgan fingerprint density at radius 3 is 1.82 bits per heavy atom. The van der Waals surface area contributed by atoms with Crippen LogP contribution in [0.2, 0.25) is 0 Å². The molecular weight excluding hydrogens is 220 g/mol. The molecule has 96 valence electrons. The Hall–Kier alpha value is -1.58. The van der Waals surface area contributed by atoms with Crippen LogP contribution in [-0.4, -0.2) is 22.2 Å². The molecule has 4 heteroatoms. The Morgan fingerprint density at radius 2 is 1.53 bits per heavy atom. The third kappa shape index (κ3) is 3.19. The first kappa shape index (κ1) is 15.4. The summed E-state index contributed by atoms with van der Waals surface area (Å²) in [6, 6.07) is 0. The molecule has 0 rings (SSSR count). The fraction of sp³-hybridized carbons (Fsp3) is 0.538. The molecule has 0 aromatic rings. The standard InChI is InChI=1S/C13H20O4/c1-7(8(2)11(14)15)9(3)13(5,6)10(4)12(16)17/h9H,4H2,1-3,5-6H3,(H,14,15)(H,16,17). The van der Waals surface area contributed by atoms with E-state index in [1.54, 1.807) is 20.8 Å². The van der Waals surface area contributed by atoms with E-state index in [0.29, 0.717) is 5.57 Å². The van der Waals surface area contributed by atoms with Gasteiger partial charge < -0.3 is 10.2 Å². The maximum absolute atomic E-state index is 10.9. The first-order chi connectivity index (χ1) is 7.53. The molecule has 0 aromatic carbocycles. The van der Waals surface area contributed by atoms with Gasteiger partial charge >= 0.3 is 11.9 Å². The van der Waals surface area contributed by atoms with E-state index in [9.17, 15) is 9.59 Å². The highest BCUT2D eigenvalue weighted by Crippen LogP contribution is 2.39. The minimum atomic E-state index is -1.05. The van der Waals surface area contributed by atoms with E-state index in [1.807, 2.05) is 6.92 Å². The summed E-state index contributed by atoms with van der Waals surface area (Å²) in [5.41, 5.74) is 0.323. The molecule has 2 N–H and O–H groups in total. The Kier molecular flexibility index (Phi) is 4.69. The second-order valence-electron chi connectivity index (χ2n) is 4.84. The van der Waals surface area contributed by atoms with E-state index >= 15 is 0 Å². The van der Waals surface area contributed by atoms with Gasteiger partial charge in [0.15, 0.2) is 0 Å². The van der Waals surface area contributed by atoms with Crippen LogP contribution in [-0.2, 0) is 9.59 Å². The summed E-state index contributed by atoms with van der Waals surface area (Å²) in [7, 11) is 0. The number of carboxylic acids is 2. The molecule has 0 radical (unpaired) electrons. The van der Waals surface area contributed by atoms with Crippen molar-refractivity contribution < 1.29 is 19.8 Å². The van der Waals surface area contributed by atoms with Gasteiger partial charge in [-0.3, -0.25) is 0 Å². The highest BCUT2D eigenvalue weighted by atomic mass is 16.4. The lowest BCUT2D eigenvalue weighted by Crippen LogP contribution is -2.29. The Morgan fingerprint density at radius 1 is 1.12 bits per heavy atom. The average Bonchev–Trinajstić information content (AvgIpc) is 2.24. The number of hydrogen-bond acceptors (Lipinski definition) is 2. The van der Waals surface area contributed by atoms with Crippen LogP contribution < -0.4 is 0 Å². The summed E-state index contributed by atoms with van der Waals surface area (Å²) in [4.78, 5) is 21.8. The lowest BCUT2D eigenvalue weighted by atomic mass is 9.70. The van der Waals surface area contributed by atoms with Gasteiger partial charge in [-0.05, 0) is 19.8 Å². The molecule has 1 atom stereocenters. The van der Waals surface area contributed by atoms with Crippen LogP contribution in [0.1, 0.15) is 34.6 Å². The number of carboxylic acid groups (broad SMARTS) is 2. The molecule has 0 saturated carbocycles. The summed E-state index contributed by atoms with van der Waals surface area (Å²) in [5.74, 6) is -2.24.